The van der Waals surface area contributed by atoms with Crippen LogP contribution in [-0.4, -0.2) is 30.9 Å². The minimum atomic E-state index is 0.218. The van der Waals surface area contributed by atoms with Gasteiger partial charge < -0.3 is 10.2 Å². The summed E-state index contributed by atoms with van der Waals surface area (Å²) in [6, 6.07) is 6.37. The van der Waals surface area contributed by atoms with Gasteiger partial charge in [0.1, 0.15) is 0 Å². The third-order valence-electron chi connectivity index (χ3n) is 3.84. The van der Waals surface area contributed by atoms with E-state index in [1.807, 2.05) is 11.9 Å². The number of hydrogen-bond acceptors (Lipinski definition) is 2. The Kier molecular flexibility index (Phi) is 7.27. The van der Waals surface area contributed by atoms with Crippen LogP contribution in [0.2, 0.25) is 0 Å². The number of benzene rings is 1. The lowest BCUT2D eigenvalue weighted by Gasteiger charge is -2.19. The van der Waals surface area contributed by atoms with Gasteiger partial charge in [0.15, 0.2) is 0 Å². The average Bonchev–Trinajstić information content (AvgIpc) is 2.45. The van der Waals surface area contributed by atoms with E-state index in [0.29, 0.717) is 18.9 Å². The second-order valence-corrected chi connectivity index (χ2v) is 6.04. The fraction of sp³-hybridized carbons (Fsp3) is 0.611. The summed E-state index contributed by atoms with van der Waals surface area (Å²) in [6.07, 6.45) is 2.74. The van der Waals surface area contributed by atoms with Crippen LogP contribution >= 0.6 is 0 Å². The number of amides is 1. The molecule has 0 bridgehead atoms. The number of rotatable bonds is 8. The van der Waals surface area contributed by atoms with Crippen molar-refractivity contribution in [3.05, 3.63) is 29.3 Å². The number of nitrogens with zero attached hydrogens (tertiary/aromatic N) is 1. The van der Waals surface area contributed by atoms with Gasteiger partial charge in [0, 0.05) is 32.2 Å². The molecule has 0 aliphatic rings. The molecule has 0 aliphatic heterocycles. The van der Waals surface area contributed by atoms with E-state index in [-0.39, 0.29) is 5.91 Å². The van der Waals surface area contributed by atoms with Crippen molar-refractivity contribution in [2.45, 2.75) is 52.9 Å². The molecule has 0 fully saturated rings. The summed E-state index contributed by atoms with van der Waals surface area (Å²) in [4.78, 5) is 13.9. The first-order chi connectivity index (χ1) is 9.97. The Bertz CT molecular complexity index is 455. The molecular weight excluding hydrogens is 260 g/mol. The molecule has 0 radical (unpaired) electrons. The summed E-state index contributed by atoms with van der Waals surface area (Å²) < 4.78 is 0. The standard InChI is InChI=1S/C18H30N2O/c1-6-7-13-20(5)17(21)11-12-19-18-15(4)9-8-10-16(18)14(2)3/h8-10,14,19H,6-7,11-13H2,1-5H3. The number of anilines is 1. The number of hydrogen-bond donors (Lipinski definition) is 1. The Morgan fingerprint density at radius 2 is 2.05 bits per heavy atom. The van der Waals surface area contributed by atoms with Crippen molar-refractivity contribution >= 4 is 11.6 Å². The molecule has 0 unspecified atom stereocenters. The maximum absolute atomic E-state index is 12.0. The first kappa shape index (κ1) is 17.5. The maximum atomic E-state index is 12.0. The Hall–Kier alpha value is -1.51. The zero-order valence-corrected chi connectivity index (χ0v) is 14.2. The summed E-state index contributed by atoms with van der Waals surface area (Å²) >= 11 is 0. The Morgan fingerprint density at radius 3 is 2.67 bits per heavy atom. The highest BCUT2D eigenvalue weighted by Gasteiger charge is 2.11. The fourth-order valence-corrected chi connectivity index (χ4v) is 2.42. The molecule has 0 spiro atoms. The SMILES string of the molecule is CCCCN(C)C(=O)CCNc1c(C)cccc1C(C)C. The van der Waals surface area contributed by atoms with Gasteiger partial charge in [0.05, 0.1) is 0 Å². The zero-order chi connectivity index (χ0) is 15.8. The van der Waals surface area contributed by atoms with Crippen molar-refractivity contribution in [2.75, 3.05) is 25.5 Å². The molecule has 0 aliphatic carbocycles. The van der Waals surface area contributed by atoms with Crippen LogP contribution in [-0.2, 0) is 4.79 Å². The Labute approximate surface area is 129 Å². The predicted octanol–water partition coefficient (Wildman–Crippen LogP) is 4.18. The number of carbonyl (C=O) groups is 1. The third kappa shape index (κ3) is 5.41. The number of aryl methyl sites for hydroxylation is 1. The molecule has 3 heteroatoms. The summed E-state index contributed by atoms with van der Waals surface area (Å²) in [5, 5.41) is 3.46. The molecule has 1 N–H and O–H groups in total. The van der Waals surface area contributed by atoms with Gasteiger partial charge in [-0.15, -0.1) is 0 Å². The van der Waals surface area contributed by atoms with E-state index in [2.05, 4.69) is 51.2 Å². The van der Waals surface area contributed by atoms with Crippen LogP contribution in [0.1, 0.15) is 57.1 Å². The van der Waals surface area contributed by atoms with Gasteiger partial charge >= 0.3 is 0 Å². The molecule has 0 atom stereocenters. The third-order valence-corrected chi connectivity index (χ3v) is 3.84. The molecule has 1 aromatic rings. The average molecular weight is 290 g/mol. The van der Waals surface area contributed by atoms with E-state index in [4.69, 9.17) is 0 Å². The van der Waals surface area contributed by atoms with E-state index >= 15 is 0 Å². The van der Waals surface area contributed by atoms with Gasteiger partial charge in [0.25, 0.3) is 0 Å². The normalized spacial score (nSPS) is 10.8. The van der Waals surface area contributed by atoms with Crippen molar-refractivity contribution in [2.24, 2.45) is 0 Å². The lowest BCUT2D eigenvalue weighted by atomic mass is 9.98. The number of carbonyl (C=O) groups excluding carboxylic acids is 1. The highest BCUT2D eigenvalue weighted by atomic mass is 16.2. The molecule has 3 nitrogen and oxygen atoms in total. The van der Waals surface area contributed by atoms with Crippen LogP contribution in [0.15, 0.2) is 18.2 Å². The van der Waals surface area contributed by atoms with Crippen LogP contribution in [0.3, 0.4) is 0 Å². The molecule has 0 aromatic heterocycles. The Morgan fingerprint density at radius 1 is 1.33 bits per heavy atom. The number of nitrogens with one attached hydrogen (secondary N) is 1. The van der Waals surface area contributed by atoms with Crippen molar-refractivity contribution in [1.82, 2.24) is 4.90 Å². The van der Waals surface area contributed by atoms with Crippen molar-refractivity contribution in [1.29, 1.82) is 0 Å². The largest absolute Gasteiger partial charge is 0.384 e. The molecule has 1 amide bonds. The second kappa shape index (κ2) is 8.71. The minimum Gasteiger partial charge on any atom is -0.384 e. The molecule has 1 aromatic carbocycles. The van der Waals surface area contributed by atoms with Crippen LogP contribution in [0.5, 0.6) is 0 Å². The number of unbranched alkanes of at least 4 members (excludes halogenated alkanes) is 1. The second-order valence-electron chi connectivity index (χ2n) is 6.04. The van der Waals surface area contributed by atoms with Gasteiger partial charge in [-0.2, -0.15) is 0 Å². The van der Waals surface area contributed by atoms with Gasteiger partial charge in [-0.3, -0.25) is 4.79 Å². The smallest absolute Gasteiger partial charge is 0.224 e. The van der Waals surface area contributed by atoms with Crippen molar-refractivity contribution in [3.63, 3.8) is 0 Å². The predicted molar refractivity (Wildman–Crippen MR) is 90.9 cm³/mol. The van der Waals surface area contributed by atoms with Crippen molar-refractivity contribution < 1.29 is 4.79 Å². The van der Waals surface area contributed by atoms with Gasteiger partial charge in [-0.25, -0.2) is 0 Å². The highest BCUT2D eigenvalue weighted by molar-refractivity contribution is 5.76. The molecule has 1 rings (SSSR count). The molecular formula is C18H30N2O. The first-order valence-corrected chi connectivity index (χ1v) is 8.04. The topological polar surface area (TPSA) is 32.3 Å². The summed E-state index contributed by atoms with van der Waals surface area (Å²) in [6.45, 7) is 10.2. The molecule has 21 heavy (non-hydrogen) atoms. The van der Waals surface area contributed by atoms with Crippen LogP contribution in [0.25, 0.3) is 0 Å². The van der Waals surface area contributed by atoms with E-state index in [0.717, 1.165) is 19.4 Å². The summed E-state index contributed by atoms with van der Waals surface area (Å²) in [5.74, 6) is 0.700. The van der Waals surface area contributed by atoms with E-state index in [1.54, 1.807) is 0 Å². The quantitative estimate of drug-likeness (QED) is 0.779. The molecule has 0 saturated carbocycles. The van der Waals surface area contributed by atoms with E-state index < -0.39 is 0 Å². The monoisotopic (exact) mass is 290 g/mol. The van der Waals surface area contributed by atoms with Crippen LogP contribution in [0.4, 0.5) is 5.69 Å². The first-order valence-electron chi connectivity index (χ1n) is 8.04. The number of para-hydroxylation sites is 1. The van der Waals surface area contributed by atoms with Gasteiger partial charge in [0.2, 0.25) is 5.91 Å². The van der Waals surface area contributed by atoms with E-state index in [9.17, 15) is 4.79 Å². The zero-order valence-electron chi connectivity index (χ0n) is 14.2. The maximum Gasteiger partial charge on any atom is 0.224 e. The van der Waals surface area contributed by atoms with Crippen molar-refractivity contribution in [3.8, 4) is 0 Å². The highest BCUT2D eigenvalue weighted by Crippen LogP contribution is 2.27. The summed E-state index contributed by atoms with van der Waals surface area (Å²) in [7, 11) is 1.89. The van der Waals surface area contributed by atoms with Gasteiger partial charge in [-0.1, -0.05) is 45.4 Å². The van der Waals surface area contributed by atoms with E-state index in [1.165, 1.54) is 16.8 Å². The lowest BCUT2D eigenvalue weighted by molar-refractivity contribution is -0.129. The molecule has 0 heterocycles. The summed E-state index contributed by atoms with van der Waals surface area (Å²) in [5.41, 5.74) is 3.76. The van der Waals surface area contributed by atoms with Crippen LogP contribution in [0, 0.1) is 6.92 Å². The lowest BCUT2D eigenvalue weighted by Crippen LogP contribution is -2.29. The van der Waals surface area contributed by atoms with Crippen LogP contribution < -0.4 is 5.32 Å². The molecule has 118 valence electrons. The fourth-order valence-electron chi connectivity index (χ4n) is 2.42. The molecule has 0 saturated heterocycles. The minimum absolute atomic E-state index is 0.218. The Balaban J connectivity index is 2.55. The van der Waals surface area contributed by atoms with Gasteiger partial charge in [-0.05, 0) is 30.4 Å².